The third kappa shape index (κ3) is 3.81. The number of hydrogen-bond donors (Lipinski definition) is 1. The van der Waals surface area contributed by atoms with E-state index in [-0.39, 0.29) is 5.69 Å². The summed E-state index contributed by atoms with van der Waals surface area (Å²) in [5.41, 5.74) is 2.32. The lowest BCUT2D eigenvalue weighted by molar-refractivity contribution is -0.384. The number of nitro benzene ring substituents is 1. The number of non-ortho nitro benzene ring substituents is 1. The summed E-state index contributed by atoms with van der Waals surface area (Å²) < 4.78 is 1.67. The van der Waals surface area contributed by atoms with Gasteiger partial charge < -0.3 is 4.98 Å². The van der Waals surface area contributed by atoms with Gasteiger partial charge in [-0.05, 0) is 12.1 Å². The van der Waals surface area contributed by atoms with Gasteiger partial charge in [0.2, 0.25) is 4.80 Å². The fourth-order valence-corrected chi connectivity index (χ4v) is 3.03. The molecule has 2 aromatic heterocycles. The monoisotopic (exact) mass is 353 g/mol. The molecule has 3 aromatic rings. The number of hydrogen-bond acceptors (Lipinski definition) is 5. The molecule has 3 rings (SSSR count). The Morgan fingerprint density at radius 1 is 1.36 bits per heavy atom. The third-order valence-corrected chi connectivity index (χ3v) is 4.18. The molecule has 0 fully saturated rings. The topological polar surface area (TPSA) is 88.6 Å². The number of thiazole rings is 1. The van der Waals surface area contributed by atoms with Crippen LogP contribution < -0.4 is 4.80 Å². The van der Waals surface area contributed by atoms with Crippen LogP contribution in [-0.4, -0.2) is 27.3 Å². The van der Waals surface area contributed by atoms with Gasteiger partial charge in [0.15, 0.2) is 0 Å². The van der Waals surface area contributed by atoms with Crippen LogP contribution in [0.3, 0.4) is 0 Å². The minimum Gasteiger partial charge on any atom is -0.360 e. The van der Waals surface area contributed by atoms with Crippen LogP contribution in [0.2, 0.25) is 0 Å². The van der Waals surface area contributed by atoms with E-state index in [1.807, 2.05) is 29.8 Å². The normalized spacial score (nSPS) is 11.9. The SMILES string of the molecule is C=CCN=c1scc(-c2cccc([N+](=O)[O-])c2)n1N=Cc1ccc[nH]1. The maximum absolute atomic E-state index is 11.0. The molecule has 2 heterocycles. The Balaban J connectivity index is 2.10. The van der Waals surface area contributed by atoms with Crippen molar-refractivity contribution in [3.05, 3.63) is 81.2 Å². The molecule has 0 aliphatic heterocycles. The van der Waals surface area contributed by atoms with Crippen LogP contribution in [-0.2, 0) is 0 Å². The van der Waals surface area contributed by atoms with Crippen molar-refractivity contribution in [2.75, 3.05) is 6.54 Å². The smallest absolute Gasteiger partial charge is 0.270 e. The summed E-state index contributed by atoms with van der Waals surface area (Å²) in [6.45, 7) is 4.14. The molecule has 0 aliphatic carbocycles. The second kappa shape index (κ2) is 7.54. The Morgan fingerprint density at radius 2 is 2.24 bits per heavy atom. The molecule has 0 radical (unpaired) electrons. The molecule has 25 heavy (non-hydrogen) atoms. The number of H-pyrrole nitrogens is 1. The number of nitrogens with zero attached hydrogens (tertiary/aromatic N) is 4. The molecule has 0 unspecified atom stereocenters. The molecule has 1 aromatic carbocycles. The Morgan fingerprint density at radius 3 is 2.96 bits per heavy atom. The van der Waals surface area contributed by atoms with Crippen LogP contribution in [0.25, 0.3) is 11.3 Å². The third-order valence-electron chi connectivity index (χ3n) is 3.33. The van der Waals surface area contributed by atoms with Gasteiger partial charge in [-0.15, -0.1) is 17.9 Å². The quantitative estimate of drug-likeness (QED) is 0.318. The molecule has 7 nitrogen and oxygen atoms in total. The highest BCUT2D eigenvalue weighted by molar-refractivity contribution is 7.07. The van der Waals surface area contributed by atoms with Crippen LogP contribution in [0.4, 0.5) is 5.69 Å². The van der Waals surface area contributed by atoms with Crippen LogP contribution in [0.1, 0.15) is 5.69 Å². The highest BCUT2D eigenvalue weighted by Crippen LogP contribution is 2.24. The Kier molecular flexibility index (Phi) is 5.00. The molecule has 126 valence electrons. The Labute approximate surface area is 147 Å². The first-order valence-electron chi connectivity index (χ1n) is 7.43. The minimum absolute atomic E-state index is 0.0353. The first kappa shape index (κ1) is 16.6. The van der Waals surface area contributed by atoms with Gasteiger partial charge in [-0.1, -0.05) is 18.2 Å². The van der Waals surface area contributed by atoms with Gasteiger partial charge in [-0.2, -0.15) is 5.10 Å². The molecular formula is C17H15N5O2S. The molecule has 0 saturated carbocycles. The lowest BCUT2D eigenvalue weighted by Gasteiger charge is -2.03. The molecule has 0 spiro atoms. The molecular weight excluding hydrogens is 338 g/mol. The van der Waals surface area contributed by atoms with Crippen molar-refractivity contribution in [2.24, 2.45) is 10.1 Å². The number of aromatic nitrogens is 2. The van der Waals surface area contributed by atoms with Crippen molar-refractivity contribution in [1.29, 1.82) is 0 Å². The van der Waals surface area contributed by atoms with E-state index in [0.29, 0.717) is 16.9 Å². The summed E-state index contributed by atoms with van der Waals surface area (Å²) in [6, 6.07) is 10.2. The van der Waals surface area contributed by atoms with Crippen molar-refractivity contribution >= 4 is 23.2 Å². The lowest BCUT2D eigenvalue weighted by atomic mass is 10.1. The number of aromatic amines is 1. The van der Waals surface area contributed by atoms with E-state index in [1.54, 1.807) is 23.0 Å². The molecule has 0 bridgehead atoms. The fraction of sp³-hybridized carbons (Fsp3) is 0.0588. The average molecular weight is 353 g/mol. The maximum atomic E-state index is 11.0. The zero-order valence-corrected chi connectivity index (χ0v) is 14.0. The van der Waals surface area contributed by atoms with Gasteiger partial charge in [0.25, 0.3) is 5.69 Å². The van der Waals surface area contributed by atoms with Gasteiger partial charge in [0.1, 0.15) is 0 Å². The average Bonchev–Trinajstić information content (AvgIpc) is 3.27. The second-order valence-electron chi connectivity index (χ2n) is 5.02. The fourth-order valence-electron chi connectivity index (χ4n) is 2.18. The first-order chi connectivity index (χ1) is 12.2. The molecule has 0 atom stereocenters. The van der Waals surface area contributed by atoms with Crippen molar-refractivity contribution in [3.8, 4) is 11.3 Å². The number of nitro groups is 1. The van der Waals surface area contributed by atoms with E-state index < -0.39 is 4.92 Å². The summed E-state index contributed by atoms with van der Waals surface area (Å²) in [5, 5.41) is 17.4. The Hall–Kier alpha value is -3.26. The van der Waals surface area contributed by atoms with E-state index in [4.69, 9.17) is 0 Å². The lowest BCUT2D eigenvalue weighted by Crippen LogP contribution is -2.12. The van der Waals surface area contributed by atoms with Crippen LogP contribution >= 0.6 is 11.3 Å². The van der Waals surface area contributed by atoms with E-state index in [9.17, 15) is 10.1 Å². The summed E-state index contributed by atoms with van der Waals surface area (Å²) in [6.07, 6.45) is 5.19. The predicted molar refractivity (Wildman–Crippen MR) is 98.8 cm³/mol. The number of nitrogens with one attached hydrogen (secondary N) is 1. The van der Waals surface area contributed by atoms with E-state index in [0.717, 1.165) is 11.4 Å². The number of benzene rings is 1. The molecule has 1 N–H and O–H groups in total. The molecule has 0 amide bonds. The van der Waals surface area contributed by atoms with Crippen LogP contribution in [0.15, 0.2) is 70.7 Å². The van der Waals surface area contributed by atoms with Crippen LogP contribution in [0.5, 0.6) is 0 Å². The van der Waals surface area contributed by atoms with Gasteiger partial charge in [-0.25, -0.2) is 4.68 Å². The second-order valence-corrected chi connectivity index (χ2v) is 5.86. The van der Waals surface area contributed by atoms with Gasteiger partial charge >= 0.3 is 0 Å². The number of rotatable bonds is 6. The van der Waals surface area contributed by atoms with Gasteiger partial charge in [-0.3, -0.25) is 15.1 Å². The highest BCUT2D eigenvalue weighted by atomic mass is 32.1. The van der Waals surface area contributed by atoms with E-state index in [1.165, 1.54) is 23.5 Å². The van der Waals surface area contributed by atoms with E-state index >= 15 is 0 Å². The first-order valence-corrected chi connectivity index (χ1v) is 8.31. The maximum Gasteiger partial charge on any atom is 0.270 e. The summed E-state index contributed by atoms with van der Waals surface area (Å²) >= 11 is 1.42. The van der Waals surface area contributed by atoms with Crippen LogP contribution in [0, 0.1) is 10.1 Å². The summed E-state index contributed by atoms with van der Waals surface area (Å²) in [7, 11) is 0. The van der Waals surface area contributed by atoms with Gasteiger partial charge in [0, 0.05) is 29.3 Å². The summed E-state index contributed by atoms with van der Waals surface area (Å²) in [4.78, 5) is 18.8. The van der Waals surface area contributed by atoms with Crippen molar-refractivity contribution < 1.29 is 4.92 Å². The highest BCUT2D eigenvalue weighted by Gasteiger charge is 2.11. The van der Waals surface area contributed by atoms with Crippen molar-refractivity contribution in [3.63, 3.8) is 0 Å². The molecule has 0 saturated heterocycles. The van der Waals surface area contributed by atoms with Gasteiger partial charge in [0.05, 0.1) is 29.1 Å². The molecule has 8 heteroatoms. The van der Waals surface area contributed by atoms with E-state index in [2.05, 4.69) is 21.7 Å². The molecule has 0 aliphatic rings. The zero-order chi connectivity index (χ0) is 17.6. The minimum atomic E-state index is -0.411. The standard InChI is InChI=1S/C17H15N5O2S/c1-2-8-19-17-21(20-11-14-6-4-9-18-14)16(12-25-17)13-5-3-7-15(10-13)22(23)24/h2-7,9-12,18H,1,8H2. The Bertz CT molecular complexity index is 983. The predicted octanol–water partition coefficient (Wildman–Crippen LogP) is 3.42. The largest absolute Gasteiger partial charge is 0.360 e. The summed E-state index contributed by atoms with van der Waals surface area (Å²) in [5.74, 6) is 0. The van der Waals surface area contributed by atoms with Crippen molar-refractivity contribution in [1.82, 2.24) is 9.66 Å². The van der Waals surface area contributed by atoms with Crippen molar-refractivity contribution in [2.45, 2.75) is 0 Å². The zero-order valence-electron chi connectivity index (χ0n) is 13.2.